The van der Waals surface area contributed by atoms with Gasteiger partial charge in [0.1, 0.15) is 13.2 Å². The van der Waals surface area contributed by atoms with E-state index in [1.165, 1.54) is 128 Å². The number of carbonyl (C=O) groups excluding carboxylic acids is 3. The minimum absolute atomic E-state index is 0.0874. The Morgan fingerprint density at radius 2 is 0.554 bits per heavy atom. The van der Waals surface area contributed by atoms with Crippen LogP contribution in [0.3, 0.4) is 0 Å². The van der Waals surface area contributed by atoms with Crippen molar-refractivity contribution in [3.8, 4) is 0 Å². The Kier molecular flexibility index (Phi) is 50.9. The summed E-state index contributed by atoms with van der Waals surface area (Å²) < 4.78 is 16.8. The van der Waals surface area contributed by atoms with Crippen molar-refractivity contribution >= 4 is 17.9 Å². The zero-order valence-corrected chi connectivity index (χ0v) is 42.7. The van der Waals surface area contributed by atoms with Crippen molar-refractivity contribution in [3.05, 3.63) is 72.9 Å². The molecule has 0 amide bonds. The molecule has 0 rings (SSSR count). The maximum Gasteiger partial charge on any atom is 0.306 e. The fourth-order valence-corrected chi connectivity index (χ4v) is 7.51. The van der Waals surface area contributed by atoms with Crippen LogP contribution in [-0.2, 0) is 28.6 Å². The molecule has 0 aromatic carbocycles. The first-order valence-corrected chi connectivity index (χ1v) is 27.4. The van der Waals surface area contributed by atoms with E-state index in [0.717, 1.165) is 96.3 Å². The topological polar surface area (TPSA) is 78.9 Å². The van der Waals surface area contributed by atoms with Gasteiger partial charge in [0.05, 0.1) is 0 Å². The van der Waals surface area contributed by atoms with E-state index in [0.29, 0.717) is 19.3 Å². The summed E-state index contributed by atoms with van der Waals surface area (Å²) in [6.45, 7) is 6.55. The van der Waals surface area contributed by atoms with Gasteiger partial charge in [-0.05, 0) is 96.3 Å². The zero-order valence-electron chi connectivity index (χ0n) is 42.7. The molecule has 1 atom stereocenters. The molecular formula is C59H102O6. The standard InChI is InChI=1S/C59H102O6/c1-4-7-10-13-16-19-22-24-26-28-29-31-32-34-37-40-43-46-49-52-58(61)64-55-56(54-63-57(60)51-48-45-42-39-36-21-18-15-12-9-6-3)65-59(62)53-50-47-44-41-38-35-33-30-27-25-23-20-17-14-11-8-5-2/h16-17,19-20,24-27,29,31,34,37,56H,4-15,18,21-23,28,30,32-33,35-36,38-55H2,1-3H3/b19-16-,20-17-,26-24-,27-25-,31-29-,37-34-/t56-/m1/s1. The highest BCUT2D eigenvalue weighted by atomic mass is 16.6. The SMILES string of the molecule is CCCCC/C=C\C/C=C\C/C=C\C/C=C\CCCCCC(=O)OC[C@@H](COC(=O)CCCCCCCCCCCCC)OC(=O)CCCCCCCCC/C=C\C/C=C\CCCCC. The number of ether oxygens (including phenoxy) is 3. The van der Waals surface area contributed by atoms with Gasteiger partial charge in [0.2, 0.25) is 0 Å². The summed E-state index contributed by atoms with van der Waals surface area (Å²) in [6, 6.07) is 0. The molecule has 0 aromatic heterocycles. The first-order valence-electron chi connectivity index (χ1n) is 27.4. The van der Waals surface area contributed by atoms with Crippen LogP contribution in [0.5, 0.6) is 0 Å². The van der Waals surface area contributed by atoms with Gasteiger partial charge in [0.25, 0.3) is 0 Å². The highest BCUT2D eigenvalue weighted by Gasteiger charge is 2.19. The van der Waals surface area contributed by atoms with E-state index in [4.69, 9.17) is 14.2 Å². The fraction of sp³-hybridized carbons (Fsp3) is 0.746. The summed E-state index contributed by atoms with van der Waals surface area (Å²) in [7, 11) is 0. The molecule has 6 nitrogen and oxygen atoms in total. The first kappa shape index (κ1) is 61.9. The largest absolute Gasteiger partial charge is 0.462 e. The van der Waals surface area contributed by atoms with Crippen LogP contribution in [0, 0.1) is 0 Å². The second kappa shape index (κ2) is 53.5. The number of esters is 3. The van der Waals surface area contributed by atoms with Crippen molar-refractivity contribution in [1.82, 2.24) is 0 Å². The summed E-state index contributed by atoms with van der Waals surface area (Å²) in [5, 5.41) is 0. The molecule has 0 aliphatic carbocycles. The molecule has 0 unspecified atom stereocenters. The van der Waals surface area contributed by atoms with E-state index in [1.807, 2.05) is 0 Å². The molecule has 0 fully saturated rings. The Morgan fingerprint density at radius 1 is 0.308 bits per heavy atom. The molecule has 0 saturated heterocycles. The Balaban J connectivity index is 4.42. The highest BCUT2D eigenvalue weighted by molar-refractivity contribution is 5.71. The number of rotatable bonds is 49. The van der Waals surface area contributed by atoms with Crippen molar-refractivity contribution in [2.24, 2.45) is 0 Å². The number of hydrogen-bond donors (Lipinski definition) is 0. The Hall–Kier alpha value is -3.15. The lowest BCUT2D eigenvalue weighted by Crippen LogP contribution is -2.30. The molecule has 0 bridgehead atoms. The van der Waals surface area contributed by atoms with E-state index < -0.39 is 6.10 Å². The van der Waals surface area contributed by atoms with Gasteiger partial charge in [-0.15, -0.1) is 0 Å². The minimum atomic E-state index is -0.791. The smallest absolute Gasteiger partial charge is 0.306 e. The number of unbranched alkanes of at least 4 members (excludes halogenated alkanes) is 26. The predicted molar refractivity (Wildman–Crippen MR) is 279 cm³/mol. The lowest BCUT2D eigenvalue weighted by molar-refractivity contribution is -0.167. The average Bonchev–Trinajstić information content (AvgIpc) is 3.30. The third kappa shape index (κ3) is 51.7. The van der Waals surface area contributed by atoms with Crippen LogP contribution < -0.4 is 0 Å². The van der Waals surface area contributed by atoms with Gasteiger partial charge in [-0.1, -0.05) is 222 Å². The normalized spacial score (nSPS) is 12.6. The molecule has 0 saturated carbocycles. The fourth-order valence-electron chi connectivity index (χ4n) is 7.51. The predicted octanol–water partition coefficient (Wildman–Crippen LogP) is 18.2. The maximum atomic E-state index is 12.8. The minimum Gasteiger partial charge on any atom is -0.462 e. The second-order valence-corrected chi connectivity index (χ2v) is 18.1. The highest BCUT2D eigenvalue weighted by Crippen LogP contribution is 2.15. The summed E-state index contributed by atoms with van der Waals surface area (Å²) in [6.07, 6.45) is 67.4. The molecule has 0 aliphatic rings. The van der Waals surface area contributed by atoms with Gasteiger partial charge in [0.15, 0.2) is 6.10 Å². The molecule has 374 valence electrons. The summed E-state index contributed by atoms with van der Waals surface area (Å²) in [5.41, 5.74) is 0. The van der Waals surface area contributed by atoms with Crippen molar-refractivity contribution in [2.45, 2.75) is 271 Å². The molecule has 0 aliphatic heterocycles. The van der Waals surface area contributed by atoms with Crippen LogP contribution >= 0.6 is 0 Å². The Bertz CT molecular complexity index is 1230. The van der Waals surface area contributed by atoms with E-state index in [9.17, 15) is 14.4 Å². The van der Waals surface area contributed by atoms with Crippen LogP contribution in [0.4, 0.5) is 0 Å². The first-order chi connectivity index (χ1) is 32.0. The van der Waals surface area contributed by atoms with E-state index in [1.54, 1.807) is 0 Å². The van der Waals surface area contributed by atoms with Gasteiger partial charge in [-0.2, -0.15) is 0 Å². The van der Waals surface area contributed by atoms with Crippen LogP contribution in [0.1, 0.15) is 265 Å². The van der Waals surface area contributed by atoms with Crippen LogP contribution in [0.15, 0.2) is 72.9 Å². The Morgan fingerprint density at radius 3 is 0.908 bits per heavy atom. The monoisotopic (exact) mass is 907 g/mol. The molecule has 0 heterocycles. The lowest BCUT2D eigenvalue weighted by atomic mass is 10.1. The van der Waals surface area contributed by atoms with Gasteiger partial charge in [-0.3, -0.25) is 14.4 Å². The number of allylic oxidation sites excluding steroid dienone is 12. The summed E-state index contributed by atoms with van der Waals surface area (Å²) >= 11 is 0. The molecule has 6 heteroatoms. The van der Waals surface area contributed by atoms with Gasteiger partial charge in [-0.25, -0.2) is 0 Å². The zero-order chi connectivity index (χ0) is 47.2. The van der Waals surface area contributed by atoms with Crippen molar-refractivity contribution in [3.63, 3.8) is 0 Å². The quantitative estimate of drug-likeness (QED) is 0.0262. The van der Waals surface area contributed by atoms with Crippen molar-refractivity contribution < 1.29 is 28.6 Å². The molecule has 0 radical (unpaired) electrons. The van der Waals surface area contributed by atoms with Gasteiger partial charge in [0, 0.05) is 19.3 Å². The average molecular weight is 907 g/mol. The van der Waals surface area contributed by atoms with Crippen LogP contribution in [-0.4, -0.2) is 37.2 Å². The van der Waals surface area contributed by atoms with Crippen molar-refractivity contribution in [1.29, 1.82) is 0 Å². The molecular weight excluding hydrogens is 805 g/mol. The third-order valence-corrected chi connectivity index (χ3v) is 11.7. The summed E-state index contributed by atoms with van der Waals surface area (Å²) in [4.78, 5) is 38.0. The van der Waals surface area contributed by atoms with Crippen LogP contribution in [0.2, 0.25) is 0 Å². The number of carbonyl (C=O) groups is 3. The molecule has 0 aromatic rings. The van der Waals surface area contributed by atoms with Crippen molar-refractivity contribution in [2.75, 3.05) is 13.2 Å². The van der Waals surface area contributed by atoms with Crippen LogP contribution in [0.25, 0.3) is 0 Å². The third-order valence-electron chi connectivity index (χ3n) is 11.7. The summed E-state index contributed by atoms with van der Waals surface area (Å²) in [5.74, 6) is -0.923. The molecule has 0 N–H and O–H groups in total. The second-order valence-electron chi connectivity index (χ2n) is 18.1. The number of hydrogen-bond acceptors (Lipinski definition) is 6. The molecule has 65 heavy (non-hydrogen) atoms. The van der Waals surface area contributed by atoms with E-state index in [-0.39, 0.29) is 31.1 Å². The Labute approximate surface area is 402 Å². The van der Waals surface area contributed by atoms with E-state index in [2.05, 4.69) is 93.7 Å². The molecule has 0 spiro atoms. The van der Waals surface area contributed by atoms with Gasteiger partial charge >= 0.3 is 17.9 Å². The lowest BCUT2D eigenvalue weighted by Gasteiger charge is -2.18. The van der Waals surface area contributed by atoms with E-state index >= 15 is 0 Å². The van der Waals surface area contributed by atoms with Gasteiger partial charge < -0.3 is 14.2 Å². The maximum absolute atomic E-state index is 12.8.